The Morgan fingerprint density at radius 2 is 1.90 bits per heavy atom. The molecule has 0 amide bonds. The highest BCUT2D eigenvalue weighted by Gasteiger charge is 2.22. The van der Waals surface area contributed by atoms with Gasteiger partial charge >= 0.3 is 0 Å². The first-order valence-corrected chi connectivity index (χ1v) is 8.08. The minimum absolute atomic E-state index is 0.600. The van der Waals surface area contributed by atoms with Crippen LogP contribution in [0.5, 0.6) is 5.75 Å². The Kier molecular flexibility index (Phi) is 5.90. The normalized spacial score (nSPS) is 24.4. The van der Waals surface area contributed by atoms with Gasteiger partial charge in [0.25, 0.3) is 0 Å². The first-order chi connectivity index (χ1) is 9.69. The third-order valence-corrected chi connectivity index (χ3v) is 4.64. The summed E-state index contributed by atoms with van der Waals surface area (Å²) in [4.78, 5) is 0. The molecule has 1 aliphatic carbocycles. The van der Waals surface area contributed by atoms with Gasteiger partial charge in [-0.3, -0.25) is 0 Å². The summed E-state index contributed by atoms with van der Waals surface area (Å²) < 4.78 is 5.19. The molecule has 1 fully saturated rings. The summed E-state index contributed by atoms with van der Waals surface area (Å²) in [6.07, 6.45) is 7.90. The molecule has 0 spiro atoms. The number of rotatable bonds is 6. The highest BCUT2D eigenvalue weighted by Crippen LogP contribution is 2.24. The summed E-state index contributed by atoms with van der Waals surface area (Å²) in [6, 6.07) is 9.79. The second kappa shape index (κ2) is 7.68. The van der Waals surface area contributed by atoms with Crippen LogP contribution in [0.15, 0.2) is 24.3 Å². The second-order valence-corrected chi connectivity index (χ2v) is 6.32. The molecule has 20 heavy (non-hydrogen) atoms. The van der Waals surface area contributed by atoms with Gasteiger partial charge in [-0.05, 0) is 56.2 Å². The van der Waals surface area contributed by atoms with Crippen molar-refractivity contribution in [3.8, 4) is 5.75 Å². The van der Waals surface area contributed by atoms with Gasteiger partial charge < -0.3 is 10.1 Å². The largest absolute Gasteiger partial charge is 0.497 e. The quantitative estimate of drug-likeness (QED) is 0.840. The van der Waals surface area contributed by atoms with Gasteiger partial charge in [0, 0.05) is 12.1 Å². The predicted molar refractivity (Wildman–Crippen MR) is 85.3 cm³/mol. The van der Waals surface area contributed by atoms with Crippen molar-refractivity contribution < 1.29 is 4.74 Å². The maximum Gasteiger partial charge on any atom is 0.118 e. The molecule has 0 aromatic heterocycles. The van der Waals surface area contributed by atoms with Crippen LogP contribution in [0.4, 0.5) is 0 Å². The Morgan fingerprint density at radius 3 is 2.55 bits per heavy atom. The highest BCUT2D eigenvalue weighted by molar-refractivity contribution is 5.27. The standard InChI is InChI=1S/C18H29NO/c1-14-6-4-5-7-18(14)19-15(2)8-9-16-10-12-17(20-3)13-11-16/h10-15,18-19H,4-9H2,1-3H3/t14-,15+,18-/m1/s1. The molecule has 112 valence electrons. The second-order valence-electron chi connectivity index (χ2n) is 6.32. The number of benzene rings is 1. The van der Waals surface area contributed by atoms with Crippen molar-refractivity contribution in [2.24, 2.45) is 5.92 Å². The van der Waals surface area contributed by atoms with Gasteiger partial charge in [-0.2, -0.15) is 0 Å². The molecule has 1 N–H and O–H groups in total. The van der Waals surface area contributed by atoms with Crippen LogP contribution in [0.1, 0.15) is 51.5 Å². The number of hydrogen-bond donors (Lipinski definition) is 1. The molecule has 2 nitrogen and oxygen atoms in total. The maximum absolute atomic E-state index is 5.19. The summed E-state index contributed by atoms with van der Waals surface area (Å²) in [5.41, 5.74) is 1.40. The fourth-order valence-electron chi connectivity index (χ4n) is 3.19. The van der Waals surface area contributed by atoms with Gasteiger partial charge in [0.2, 0.25) is 0 Å². The minimum Gasteiger partial charge on any atom is -0.497 e. The van der Waals surface area contributed by atoms with Gasteiger partial charge in [-0.1, -0.05) is 31.9 Å². The lowest BCUT2D eigenvalue weighted by Gasteiger charge is -2.32. The summed E-state index contributed by atoms with van der Waals surface area (Å²) in [7, 11) is 1.71. The zero-order chi connectivity index (χ0) is 14.4. The van der Waals surface area contributed by atoms with E-state index in [0.717, 1.165) is 24.1 Å². The molecule has 1 aromatic rings. The molecule has 0 bridgehead atoms. The molecular weight excluding hydrogens is 246 g/mol. The Labute approximate surface area is 123 Å². The topological polar surface area (TPSA) is 21.3 Å². The zero-order valence-corrected chi connectivity index (χ0v) is 13.2. The van der Waals surface area contributed by atoms with Crippen LogP contribution in [0.2, 0.25) is 0 Å². The summed E-state index contributed by atoms with van der Waals surface area (Å²) in [5, 5.41) is 3.84. The van der Waals surface area contributed by atoms with Gasteiger partial charge in [0.1, 0.15) is 5.75 Å². The molecule has 0 saturated heterocycles. The number of hydrogen-bond acceptors (Lipinski definition) is 2. The van der Waals surface area contributed by atoms with E-state index >= 15 is 0 Å². The third-order valence-electron chi connectivity index (χ3n) is 4.64. The van der Waals surface area contributed by atoms with E-state index in [0.29, 0.717) is 6.04 Å². The monoisotopic (exact) mass is 275 g/mol. The van der Waals surface area contributed by atoms with E-state index in [1.54, 1.807) is 7.11 Å². The Morgan fingerprint density at radius 1 is 1.20 bits per heavy atom. The average Bonchev–Trinajstić information content (AvgIpc) is 2.48. The van der Waals surface area contributed by atoms with E-state index < -0.39 is 0 Å². The molecule has 3 atom stereocenters. The average molecular weight is 275 g/mol. The lowest BCUT2D eigenvalue weighted by Crippen LogP contribution is -2.42. The minimum atomic E-state index is 0.600. The van der Waals surface area contributed by atoms with Gasteiger partial charge in [-0.25, -0.2) is 0 Å². The fourth-order valence-corrected chi connectivity index (χ4v) is 3.19. The molecule has 1 aliphatic rings. The third kappa shape index (κ3) is 4.52. The Hall–Kier alpha value is -1.02. The zero-order valence-electron chi connectivity index (χ0n) is 13.2. The number of methoxy groups -OCH3 is 1. The summed E-state index contributed by atoms with van der Waals surface area (Å²) >= 11 is 0. The fraction of sp³-hybridized carbons (Fsp3) is 0.667. The van der Waals surface area contributed by atoms with Gasteiger partial charge in [0.15, 0.2) is 0 Å². The molecule has 1 saturated carbocycles. The number of aryl methyl sites for hydroxylation is 1. The lowest BCUT2D eigenvalue weighted by molar-refractivity contribution is 0.258. The van der Waals surface area contributed by atoms with Crippen molar-refractivity contribution in [1.82, 2.24) is 5.32 Å². The van der Waals surface area contributed by atoms with Crippen LogP contribution in [-0.4, -0.2) is 19.2 Å². The maximum atomic E-state index is 5.19. The highest BCUT2D eigenvalue weighted by atomic mass is 16.5. The van der Waals surface area contributed by atoms with E-state index in [2.05, 4.69) is 43.4 Å². The van der Waals surface area contributed by atoms with E-state index in [1.165, 1.54) is 37.7 Å². The predicted octanol–water partition coefficient (Wildman–Crippen LogP) is 4.18. The Bertz CT molecular complexity index is 387. The van der Waals surface area contributed by atoms with Crippen molar-refractivity contribution >= 4 is 0 Å². The SMILES string of the molecule is COc1ccc(CC[C@H](C)N[C@@H]2CCCC[C@H]2C)cc1. The first kappa shape index (κ1) is 15.4. The van der Waals surface area contributed by atoms with E-state index in [-0.39, 0.29) is 0 Å². The summed E-state index contributed by atoms with van der Waals surface area (Å²) in [6.45, 7) is 4.72. The van der Waals surface area contributed by atoms with E-state index in [1.807, 2.05) is 0 Å². The van der Waals surface area contributed by atoms with Crippen molar-refractivity contribution in [3.63, 3.8) is 0 Å². The van der Waals surface area contributed by atoms with Crippen molar-refractivity contribution in [1.29, 1.82) is 0 Å². The smallest absolute Gasteiger partial charge is 0.118 e. The molecule has 1 aromatic carbocycles. The molecule has 2 rings (SSSR count). The first-order valence-electron chi connectivity index (χ1n) is 8.08. The van der Waals surface area contributed by atoms with E-state index in [9.17, 15) is 0 Å². The summed E-state index contributed by atoms with van der Waals surface area (Å²) in [5.74, 6) is 1.78. The van der Waals surface area contributed by atoms with Crippen molar-refractivity contribution in [3.05, 3.63) is 29.8 Å². The van der Waals surface area contributed by atoms with Gasteiger partial charge in [0.05, 0.1) is 7.11 Å². The van der Waals surface area contributed by atoms with Crippen LogP contribution >= 0.6 is 0 Å². The molecule has 0 aliphatic heterocycles. The molecule has 0 radical (unpaired) electrons. The molecule has 0 heterocycles. The van der Waals surface area contributed by atoms with Crippen LogP contribution in [0.3, 0.4) is 0 Å². The number of nitrogens with one attached hydrogen (secondary N) is 1. The Balaban J connectivity index is 1.74. The van der Waals surface area contributed by atoms with Crippen LogP contribution in [0, 0.1) is 5.92 Å². The van der Waals surface area contributed by atoms with Crippen LogP contribution in [-0.2, 0) is 6.42 Å². The molecule has 2 heteroatoms. The molecular formula is C18H29NO. The van der Waals surface area contributed by atoms with Crippen molar-refractivity contribution in [2.75, 3.05) is 7.11 Å². The van der Waals surface area contributed by atoms with Crippen LogP contribution < -0.4 is 10.1 Å². The lowest BCUT2D eigenvalue weighted by atomic mass is 9.85. The van der Waals surface area contributed by atoms with Crippen molar-refractivity contribution in [2.45, 2.75) is 64.5 Å². The molecule has 0 unspecified atom stereocenters. The number of ether oxygens (including phenoxy) is 1. The van der Waals surface area contributed by atoms with Crippen LogP contribution in [0.25, 0.3) is 0 Å². The van der Waals surface area contributed by atoms with Gasteiger partial charge in [-0.15, -0.1) is 0 Å². The van der Waals surface area contributed by atoms with E-state index in [4.69, 9.17) is 4.74 Å².